The van der Waals surface area contributed by atoms with Crippen molar-refractivity contribution in [3.63, 3.8) is 0 Å². The first-order chi connectivity index (χ1) is 8.56. The molecule has 0 saturated carbocycles. The van der Waals surface area contributed by atoms with E-state index in [4.69, 9.17) is 5.11 Å². The van der Waals surface area contributed by atoms with Crippen LogP contribution in [-0.2, 0) is 6.54 Å². The second kappa shape index (κ2) is 4.66. The zero-order valence-corrected chi connectivity index (χ0v) is 9.18. The Morgan fingerprint density at radius 1 is 1.50 bits per heavy atom. The Bertz CT molecular complexity index is 606. The van der Waals surface area contributed by atoms with Crippen LogP contribution in [0.25, 0.3) is 0 Å². The molecule has 0 atom stereocenters. The van der Waals surface area contributed by atoms with Crippen molar-refractivity contribution in [2.45, 2.75) is 6.54 Å². The van der Waals surface area contributed by atoms with E-state index in [1.165, 1.54) is 23.0 Å². The van der Waals surface area contributed by atoms with E-state index in [0.717, 1.165) is 6.20 Å². The van der Waals surface area contributed by atoms with Gasteiger partial charge in [0, 0.05) is 0 Å². The van der Waals surface area contributed by atoms with Gasteiger partial charge < -0.3 is 5.11 Å². The van der Waals surface area contributed by atoms with Crippen molar-refractivity contribution in [1.29, 1.82) is 0 Å². The van der Waals surface area contributed by atoms with Gasteiger partial charge in [-0.15, -0.1) is 0 Å². The molecule has 18 heavy (non-hydrogen) atoms. The molecule has 0 amide bonds. The van der Waals surface area contributed by atoms with Gasteiger partial charge in [0.1, 0.15) is 12.4 Å². The van der Waals surface area contributed by atoms with E-state index in [9.17, 15) is 14.9 Å². The highest BCUT2D eigenvalue weighted by molar-refractivity contribution is 5.87. The maximum Gasteiger partial charge on any atom is 0.335 e. The number of hydrogen-bond donors (Lipinski definition) is 1. The Labute approximate surface area is 101 Å². The number of aromatic carboxylic acids is 1. The summed E-state index contributed by atoms with van der Waals surface area (Å²) in [7, 11) is 0. The summed E-state index contributed by atoms with van der Waals surface area (Å²) in [6.45, 7) is 0.287. The van der Waals surface area contributed by atoms with Gasteiger partial charge in [-0.05, 0) is 17.7 Å². The molecule has 1 N–H and O–H groups in total. The minimum atomic E-state index is -1.01. The van der Waals surface area contributed by atoms with Crippen LogP contribution in [0.1, 0.15) is 15.9 Å². The van der Waals surface area contributed by atoms with Crippen molar-refractivity contribution >= 4 is 11.7 Å². The zero-order valence-electron chi connectivity index (χ0n) is 9.18. The van der Waals surface area contributed by atoms with Crippen molar-refractivity contribution < 1.29 is 14.8 Å². The molecule has 0 aliphatic carbocycles. The van der Waals surface area contributed by atoms with Crippen LogP contribution in [-0.4, -0.2) is 25.8 Å². The molecule has 0 unspecified atom stereocenters. The lowest BCUT2D eigenvalue weighted by Gasteiger charge is -2.02. The molecule has 0 bridgehead atoms. The molecule has 2 aromatic rings. The number of benzene rings is 1. The molecular formula is C11H9N3O4. The molecule has 1 heterocycles. The molecule has 2 rings (SSSR count). The number of carboxylic acid groups (broad SMARTS) is 1. The lowest BCUT2D eigenvalue weighted by atomic mass is 10.1. The predicted octanol–water partition coefficient (Wildman–Crippen LogP) is 1.54. The fourth-order valence-electron chi connectivity index (χ4n) is 1.52. The molecule has 92 valence electrons. The van der Waals surface area contributed by atoms with E-state index >= 15 is 0 Å². The lowest BCUT2D eigenvalue weighted by molar-refractivity contribution is -0.385. The largest absolute Gasteiger partial charge is 0.478 e. The molecule has 0 aliphatic heterocycles. The summed E-state index contributed by atoms with van der Waals surface area (Å²) in [6, 6.07) is 6.35. The summed E-state index contributed by atoms with van der Waals surface area (Å²) in [5.41, 5.74) is 0.798. The SMILES string of the molecule is O=C(O)c1cccc(Cn2cc([N+](=O)[O-])cn2)c1. The van der Waals surface area contributed by atoms with E-state index in [-0.39, 0.29) is 17.8 Å². The van der Waals surface area contributed by atoms with Crippen LogP contribution in [0.3, 0.4) is 0 Å². The molecule has 0 aliphatic rings. The number of rotatable bonds is 4. The number of nitro groups is 1. The summed E-state index contributed by atoms with van der Waals surface area (Å²) in [5, 5.41) is 23.2. The number of aromatic nitrogens is 2. The Morgan fingerprint density at radius 3 is 2.89 bits per heavy atom. The molecule has 0 radical (unpaired) electrons. The molecule has 7 nitrogen and oxygen atoms in total. The van der Waals surface area contributed by atoms with Crippen LogP contribution in [0.2, 0.25) is 0 Å². The van der Waals surface area contributed by atoms with Crippen LogP contribution < -0.4 is 0 Å². The summed E-state index contributed by atoms with van der Waals surface area (Å²) in [4.78, 5) is 20.7. The van der Waals surface area contributed by atoms with Gasteiger partial charge in [0.25, 0.3) is 0 Å². The normalized spacial score (nSPS) is 10.2. The van der Waals surface area contributed by atoms with Gasteiger partial charge in [0.05, 0.1) is 17.0 Å². The average molecular weight is 247 g/mol. The van der Waals surface area contributed by atoms with Crippen molar-refractivity contribution in [1.82, 2.24) is 9.78 Å². The van der Waals surface area contributed by atoms with Crippen LogP contribution in [0.15, 0.2) is 36.7 Å². The van der Waals surface area contributed by atoms with Crippen molar-refractivity contribution in [3.8, 4) is 0 Å². The first-order valence-electron chi connectivity index (χ1n) is 5.05. The Balaban J connectivity index is 2.20. The number of carboxylic acids is 1. The van der Waals surface area contributed by atoms with E-state index < -0.39 is 10.9 Å². The topological polar surface area (TPSA) is 98.3 Å². The van der Waals surface area contributed by atoms with Gasteiger partial charge in [-0.25, -0.2) is 4.79 Å². The van der Waals surface area contributed by atoms with Gasteiger partial charge in [-0.2, -0.15) is 5.10 Å². The fourth-order valence-corrected chi connectivity index (χ4v) is 1.52. The third kappa shape index (κ3) is 2.51. The smallest absolute Gasteiger partial charge is 0.335 e. The second-order valence-corrected chi connectivity index (χ2v) is 3.66. The summed E-state index contributed by atoms with van der Waals surface area (Å²) < 4.78 is 1.39. The second-order valence-electron chi connectivity index (χ2n) is 3.66. The highest BCUT2D eigenvalue weighted by Crippen LogP contribution is 2.11. The Morgan fingerprint density at radius 2 is 2.28 bits per heavy atom. The van der Waals surface area contributed by atoms with Gasteiger partial charge in [-0.1, -0.05) is 12.1 Å². The van der Waals surface area contributed by atoms with Gasteiger partial charge in [0.2, 0.25) is 0 Å². The molecular weight excluding hydrogens is 238 g/mol. The molecule has 7 heteroatoms. The van der Waals surface area contributed by atoms with Crippen LogP contribution >= 0.6 is 0 Å². The highest BCUT2D eigenvalue weighted by Gasteiger charge is 2.09. The number of carbonyl (C=O) groups is 1. The van der Waals surface area contributed by atoms with Crippen LogP contribution in [0.5, 0.6) is 0 Å². The molecule has 1 aromatic carbocycles. The van der Waals surface area contributed by atoms with Crippen LogP contribution in [0, 0.1) is 10.1 Å². The first kappa shape index (κ1) is 11.8. The van der Waals surface area contributed by atoms with Crippen LogP contribution in [0.4, 0.5) is 5.69 Å². The lowest BCUT2D eigenvalue weighted by Crippen LogP contribution is -2.02. The molecule has 0 fully saturated rings. The maximum atomic E-state index is 10.8. The Hall–Kier alpha value is -2.70. The van der Waals surface area contributed by atoms with Crippen molar-refractivity contribution in [2.24, 2.45) is 0 Å². The average Bonchev–Trinajstić information content (AvgIpc) is 2.78. The predicted molar refractivity (Wildman–Crippen MR) is 61.4 cm³/mol. The minimum absolute atomic E-state index is 0.0932. The van der Waals surface area contributed by atoms with Gasteiger partial charge >= 0.3 is 11.7 Å². The van der Waals surface area contributed by atoms with E-state index in [1.54, 1.807) is 12.1 Å². The molecule has 0 saturated heterocycles. The molecule has 1 aromatic heterocycles. The number of hydrogen-bond acceptors (Lipinski definition) is 4. The zero-order chi connectivity index (χ0) is 13.1. The quantitative estimate of drug-likeness (QED) is 0.652. The molecule has 0 spiro atoms. The standard InChI is InChI=1S/C11H9N3O4/c15-11(16)9-3-1-2-8(4-9)6-13-7-10(5-12-13)14(17)18/h1-5,7H,6H2,(H,15,16). The van der Waals surface area contributed by atoms with Gasteiger partial charge in [-0.3, -0.25) is 14.8 Å². The van der Waals surface area contributed by atoms with Crippen molar-refractivity contribution in [3.05, 3.63) is 57.9 Å². The number of nitrogens with zero attached hydrogens (tertiary/aromatic N) is 3. The fraction of sp³-hybridized carbons (Fsp3) is 0.0909. The van der Waals surface area contributed by atoms with E-state index in [0.29, 0.717) is 5.56 Å². The van der Waals surface area contributed by atoms with E-state index in [2.05, 4.69) is 5.10 Å². The minimum Gasteiger partial charge on any atom is -0.478 e. The first-order valence-corrected chi connectivity index (χ1v) is 5.05. The highest BCUT2D eigenvalue weighted by atomic mass is 16.6. The monoisotopic (exact) mass is 247 g/mol. The van der Waals surface area contributed by atoms with E-state index in [1.807, 2.05) is 0 Å². The van der Waals surface area contributed by atoms with Gasteiger partial charge in [0.15, 0.2) is 0 Å². The summed E-state index contributed by atoms with van der Waals surface area (Å²) in [5.74, 6) is -1.01. The summed E-state index contributed by atoms with van der Waals surface area (Å²) in [6.07, 6.45) is 2.45. The third-order valence-corrected chi connectivity index (χ3v) is 2.35. The maximum absolute atomic E-state index is 10.8. The van der Waals surface area contributed by atoms with Crippen molar-refractivity contribution in [2.75, 3.05) is 0 Å². The summed E-state index contributed by atoms with van der Waals surface area (Å²) >= 11 is 0. The Kier molecular flexibility index (Phi) is 3.05. The third-order valence-electron chi connectivity index (χ3n) is 2.35.